The summed E-state index contributed by atoms with van der Waals surface area (Å²) in [5.41, 5.74) is 0.751. The van der Waals surface area contributed by atoms with E-state index in [9.17, 15) is 9.90 Å². The predicted octanol–water partition coefficient (Wildman–Crippen LogP) is 2.88. The molecule has 0 bridgehead atoms. The van der Waals surface area contributed by atoms with Crippen LogP contribution in [0.1, 0.15) is 38.1 Å². The fourth-order valence-electron chi connectivity index (χ4n) is 2.17. The zero-order chi connectivity index (χ0) is 17.6. The summed E-state index contributed by atoms with van der Waals surface area (Å²) in [7, 11) is 0. The Kier molecular flexibility index (Phi) is 5.93. The standard InChI is InChI=1S/C19H25N3O2/c1-14(2)19(3,24)13-21-18(23)22-17(15-9-5-4-6-10-15)16-11-7-8-12-20-16/h4-12,14,17,24H,13H2,1-3H3,(H2,21,22,23). The van der Waals surface area contributed by atoms with Crippen molar-refractivity contribution in [3.05, 3.63) is 66.0 Å². The first kappa shape index (κ1) is 17.9. The molecule has 1 aromatic heterocycles. The monoisotopic (exact) mass is 327 g/mol. The first-order valence-electron chi connectivity index (χ1n) is 8.13. The first-order chi connectivity index (χ1) is 11.4. The lowest BCUT2D eigenvalue weighted by molar-refractivity contribution is 0.0165. The number of benzene rings is 1. The Morgan fingerprint density at radius 2 is 1.83 bits per heavy atom. The molecule has 0 spiro atoms. The average Bonchev–Trinajstić information content (AvgIpc) is 2.59. The number of pyridine rings is 1. The fourth-order valence-corrected chi connectivity index (χ4v) is 2.17. The van der Waals surface area contributed by atoms with Crippen LogP contribution in [-0.2, 0) is 0 Å². The molecular formula is C19H25N3O2. The highest BCUT2D eigenvalue weighted by Gasteiger charge is 2.26. The molecule has 5 heteroatoms. The van der Waals surface area contributed by atoms with Crippen molar-refractivity contribution < 1.29 is 9.90 Å². The zero-order valence-electron chi connectivity index (χ0n) is 14.4. The molecule has 0 aliphatic rings. The summed E-state index contributed by atoms with van der Waals surface area (Å²) < 4.78 is 0. The van der Waals surface area contributed by atoms with E-state index in [0.717, 1.165) is 11.3 Å². The summed E-state index contributed by atoms with van der Waals surface area (Å²) in [5.74, 6) is 0.0403. The van der Waals surface area contributed by atoms with Crippen LogP contribution in [0.25, 0.3) is 0 Å². The highest BCUT2D eigenvalue weighted by Crippen LogP contribution is 2.20. The van der Waals surface area contributed by atoms with E-state index in [1.165, 1.54) is 0 Å². The Balaban J connectivity index is 2.11. The van der Waals surface area contributed by atoms with Crippen LogP contribution in [0.15, 0.2) is 54.7 Å². The number of hydrogen-bond donors (Lipinski definition) is 3. The van der Waals surface area contributed by atoms with E-state index >= 15 is 0 Å². The summed E-state index contributed by atoms with van der Waals surface area (Å²) in [6.07, 6.45) is 1.70. The third-order valence-corrected chi connectivity index (χ3v) is 4.24. The largest absolute Gasteiger partial charge is 0.388 e. The number of urea groups is 1. The predicted molar refractivity (Wildman–Crippen MR) is 94.5 cm³/mol. The highest BCUT2D eigenvalue weighted by atomic mass is 16.3. The summed E-state index contributed by atoms with van der Waals surface area (Å²) in [6, 6.07) is 14.6. The van der Waals surface area contributed by atoms with Crippen LogP contribution in [0.2, 0.25) is 0 Å². The first-order valence-corrected chi connectivity index (χ1v) is 8.13. The SMILES string of the molecule is CC(C)C(C)(O)CNC(=O)NC(c1ccccc1)c1ccccn1. The van der Waals surface area contributed by atoms with Crippen LogP contribution in [0.3, 0.4) is 0 Å². The molecule has 0 fully saturated rings. The van der Waals surface area contributed by atoms with Crippen molar-refractivity contribution in [2.75, 3.05) is 6.54 Å². The normalized spacial score (nSPS) is 14.7. The summed E-state index contributed by atoms with van der Waals surface area (Å²) in [6.45, 7) is 5.73. The van der Waals surface area contributed by atoms with E-state index in [-0.39, 0.29) is 24.5 Å². The molecule has 2 amide bonds. The van der Waals surface area contributed by atoms with Crippen molar-refractivity contribution in [1.29, 1.82) is 0 Å². The molecule has 5 nitrogen and oxygen atoms in total. The number of nitrogens with zero attached hydrogens (tertiary/aromatic N) is 1. The Bertz CT molecular complexity index is 603. The zero-order valence-corrected chi connectivity index (χ0v) is 14.4. The summed E-state index contributed by atoms with van der Waals surface area (Å²) >= 11 is 0. The van der Waals surface area contributed by atoms with E-state index in [2.05, 4.69) is 15.6 Å². The minimum Gasteiger partial charge on any atom is -0.388 e. The van der Waals surface area contributed by atoms with E-state index in [4.69, 9.17) is 0 Å². The van der Waals surface area contributed by atoms with Crippen molar-refractivity contribution in [2.45, 2.75) is 32.4 Å². The summed E-state index contributed by atoms with van der Waals surface area (Å²) in [4.78, 5) is 16.7. The molecule has 128 valence electrons. The maximum atomic E-state index is 12.3. The van der Waals surface area contributed by atoms with Gasteiger partial charge in [-0.15, -0.1) is 0 Å². The van der Waals surface area contributed by atoms with Crippen molar-refractivity contribution in [1.82, 2.24) is 15.6 Å². The Hall–Kier alpha value is -2.40. The molecule has 1 aromatic carbocycles. The van der Waals surface area contributed by atoms with Gasteiger partial charge in [-0.3, -0.25) is 4.98 Å². The van der Waals surface area contributed by atoms with Crippen LogP contribution in [-0.4, -0.2) is 28.3 Å². The average molecular weight is 327 g/mol. The molecule has 0 saturated heterocycles. The number of carbonyl (C=O) groups is 1. The number of aromatic nitrogens is 1. The third-order valence-electron chi connectivity index (χ3n) is 4.24. The van der Waals surface area contributed by atoms with Gasteiger partial charge in [0.05, 0.1) is 17.3 Å². The number of aliphatic hydroxyl groups is 1. The van der Waals surface area contributed by atoms with E-state index < -0.39 is 5.60 Å². The van der Waals surface area contributed by atoms with Crippen molar-refractivity contribution in [3.8, 4) is 0 Å². The van der Waals surface area contributed by atoms with Crippen LogP contribution < -0.4 is 10.6 Å². The second-order valence-electron chi connectivity index (χ2n) is 6.44. The van der Waals surface area contributed by atoms with Gasteiger partial charge in [-0.05, 0) is 30.5 Å². The second kappa shape index (κ2) is 7.93. The molecule has 0 aliphatic carbocycles. The number of nitrogens with one attached hydrogen (secondary N) is 2. The molecular weight excluding hydrogens is 302 g/mol. The Morgan fingerprint density at radius 1 is 1.17 bits per heavy atom. The van der Waals surface area contributed by atoms with E-state index in [1.54, 1.807) is 13.1 Å². The third kappa shape index (κ3) is 4.80. The minimum absolute atomic E-state index is 0.0403. The molecule has 2 aromatic rings. The molecule has 24 heavy (non-hydrogen) atoms. The van der Waals surface area contributed by atoms with Gasteiger partial charge in [0.1, 0.15) is 0 Å². The topological polar surface area (TPSA) is 74.2 Å². The second-order valence-corrected chi connectivity index (χ2v) is 6.44. The minimum atomic E-state index is -0.954. The lowest BCUT2D eigenvalue weighted by atomic mass is 9.93. The maximum Gasteiger partial charge on any atom is 0.315 e. The van der Waals surface area contributed by atoms with Crippen molar-refractivity contribution in [3.63, 3.8) is 0 Å². The van der Waals surface area contributed by atoms with Gasteiger partial charge in [0, 0.05) is 12.7 Å². The maximum absolute atomic E-state index is 12.3. The Morgan fingerprint density at radius 3 is 2.42 bits per heavy atom. The molecule has 0 aliphatic heterocycles. The molecule has 2 atom stereocenters. The Labute approximate surface area is 143 Å². The lowest BCUT2D eigenvalue weighted by Gasteiger charge is -2.28. The summed E-state index contributed by atoms with van der Waals surface area (Å²) in [5, 5.41) is 15.9. The van der Waals surface area contributed by atoms with Crippen LogP contribution in [0.5, 0.6) is 0 Å². The van der Waals surface area contributed by atoms with Crippen LogP contribution >= 0.6 is 0 Å². The molecule has 0 saturated carbocycles. The molecule has 0 radical (unpaired) electrons. The molecule has 2 rings (SSSR count). The van der Waals surface area contributed by atoms with Gasteiger partial charge in [0.25, 0.3) is 0 Å². The molecule has 2 unspecified atom stereocenters. The fraction of sp³-hybridized carbons (Fsp3) is 0.368. The molecule has 1 heterocycles. The van der Waals surface area contributed by atoms with Gasteiger partial charge in [-0.2, -0.15) is 0 Å². The molecule has 3 N–H and O–H groups in total. The lowest BCUT2D eigenvalue weighted by Crippen LogP contribution is -2.48. The number of carbonyl (C=O) groups excluding carboxylic acids is 1. The van der Waals surface area contributed by atoms with Crippen LogP contribution in [0.4, 0.5) is 4.79 Å². The van der Waals surface area contributed by atoms with Crippen molar-refractivity contribution >= 4 is 6.03 Å². The number of amides is 2. The quantitative estimate of drug-likeness (QED) is 0.764. The van der Waals surface area contributed by atoms with Gasteiger partial charge in [0.15, 0.2) is 0 Å². The van der Waals surface area contributed by atoms with Gasteiger partial charge >= 0.3 is 6.03 Å². The number of rotatable bonds is 6. The van der Waals surface area contributed by atoms with Gasteiger partial charge < -0.3 is 15.7 Å². The number of hydrogen-bond acceptors (Lipinski definition) is 3. The highest BCUT2D eigenvalue weighted by molar-refractivity contribution is 5.75. The van der Waals surface area contributed by atoms with E-state index in [0.29, 0.717) is 0 Å². The van der Waals surface area contributed by atoms with Gasteiger partial charge in [0.2, 0.25) is 0 Å². The smallest absolute Gasteiger partial charge is 0.315 e. The van der Waals surface area contributed by atoms with Crippen LogP contribution in [0, 0.1) is 5.92 Å². The van der Waals surface area contributed by atoms with E-state index in [1.807, 2.05) is 62.4 Å². The van der Waals surface area contributed by atoms with Gasteiger partial charge in [-0.1, -0.05) is 50.2 Å². The van der Waals surface area contributed by atoms with Crippen molar-refractivity contribution in [2.24, 2.45) is 5.92 Å². The van der Waals surface area contributed by atoms with Gasteiger partial charge in [-0.25, -0.2) is 4.79 Å².